The molecule has 0 aromatic heterocycles. The Balaban J connectivity index is 4.26. The van der Waals surface area contributed by atoms with E-state index in [1.165, 1.54) is 6.08 Å². The van der Waals surface area contributed by atoms with E-state index in [1.807, 2.05) is 0 Å². The lowest BCUT2D eigenvalue weighted by molar-refractivity contribution is 0.473. The van der Waals surface area contributed by atoms with Crippen LogP contribution < -0.4 is 0 Å². The Hall–Kier alpha value is -0.133. The molecule has 0 radical (unpaired) electrons. The van der Waals surface area contributed by atoms with E-state index in [0.717, 1.165) is 6.04 Å². The highest BCUT2D eigenvalue weighted by Gasteiger charge is 2.22. The highest BCUT2D eigenvalue weighted by atomic mass is 32.2. The molecule has 0 spiro atoms. The van der Waals surface area contributed by atoms with Crippen LogP contribution in [0.15, 0.2) is 12.7 Å². The van der Waals surface area contributed by atoms with Gasteiger partial charge in [0.05, 0.1) is 0 Å². The van der Waals surface area contributed by atoms with Crippen molar-refractivity contribution < 1.29 is 13.0 Å². The first-order chi connectivity index (χ1) is 5.67. The molecule has 0 aromatic rings. The third kappa shape index (κ3) is 6.01. The Labute approximate surface area is 81.6 Å². The normalized spacial score (nSPS) is 15.4. The lowest BCUT2D eigenvalue weighted by Gasteiger charge is -2.17. The summed E-state index contributed by atoms with van der Waals surface area (Å²) in [6.07, 6.45) is 1.79. The van der Waals surface area contributed by atoms with Gasteiger partial charge in [-0.15, -0.1) is 6.58 Å². The number of hydrogen-bond acceptors (Lipinski definition) is 2. The SMILES string of the molecule is C=CC(CC[Si](C)(C)C)S(=O)(=O)O. The summed E-state index contributed by atoms with van der Waals surface area (Å²) >= 11 is 0. The van der Waals surface area contributed by atoms with Crippen molar-refractivity contribution in [1.82, 2.24) is 0 Å². The second kappa shape index (κ2) is 4.39. The van der Waals surface area contributed by atoms with Gasteiger partial charge in [-0.1, -0.05) is 31.8 Å². The molecule has 0 fully saturated rings. The summed E-state index contributed by atoms with van der Waals surface area (Å²) in [5, 5.41) is -0.792. The van der Waals surface area contributed by atoms with Gasteiger partial charge in [0.1, 0.15) is 5.25 Å². The monoisotopic (exact) mass is 222 g/mol. The molecule has 78 valence electrons. The van der Waals surface area contributed by atoms with Crippen molar-refractivity contribution in [3.63, 3.8) is 0 Å². The molecule has 13 heavy (non-hydrogen) atoms. The molecule has 3 nitrogen and oxygen atoms in total. The molecule has 0 aliphatic heterocycles. The molecule has 0 aromatic carbocycles. The molecule has 1 N–H and O–H groups in total. The molecule has 0 aliphatic rings. The first-order valence-corrected chi connectivity index (χ1v) is 9.47. The molecule has 5 heteroatoms. The van der Waals surface area contributed by atoms with Crippen LogP contribution in [-0.4, -0.2) is 26.3 Å². The quantitative estimate of drug-likeness (QED) is 0.440. The molecular formula is C8H18O3SSi. The Morgan fingerprint density at radius 2 is 1.92 bits per heavy atom. The van der Waals surface area contributed by atoms with Crippen LogP contribution in [0.1, 0.15) is 6.42 Å². The van der Waals surface area contributed by atoms with Crippen LogP contribution in [0, 0.1) is 0 Å². The summed E-state index contributed by atoms with van der Waals surface area (Å²) in [7, 11) is -5.17. The van der Waals surface area contributed by atoms with Gasteiger partial charge in [-0.25, -0.2) is 0 Å². The largest absolute Gasteiger partial charge is 0.285 e. The van der Waals surface area contributed by atoms with Gasteiger partial charge >= 0.3 is 0 Å². The summed E-state index contributed by atoms with van der Waals surface area (Å²) in [5.74, 6) is 0. The van der Waals surface area contributed by atoms with Crippen molar-refractivity contribution in [3.8, 4) is 0 Å². The summed E-state index contributed by atoms with van der Waals surface area (Å²) in [6, 6.07) is 0.878. The van der Waals surface area contributed by atoms with Crippen molar-refractivity contribution in [3.05, 3.63) is 12.7 Å². The van der Waals surface area contributed by atoms with Crippen molar-refractivity contribution in [2.45, 2.75) is 37.4 Å². The zero-order valence-electron chi connectivity index (χ0n) is 8.45. The van der Waals surface area contributed by atoms with Gasteiger partial charge in [0.25, 0.3) is 10.1 Å². The van der Waals surface area contributed by atoms with E-state index in [9.17, 15) is 8.42 Å². The fourth-order valence-electron chi connectivity index (χ4n) is 0.964. The molecule has 0 heterocycles. The van der Waals surface area contributed by atoms with E-state index < -0.39 is 23.4 Å². The lowest BCUT2D eigenvalue weighted by Crippen LogP contribution is -2.25. The average molecular weight is 222 g/mol. The topological polar surface area (TPSA) is 54.4 Å². The maximum atomic E-state index is 10.8. The molecule has 1 unspecified atom stereocenters. The average Bonchev–Trinajstić information content (AvgIpc) is 1.82. The Morgan fingerprint density at radius 1 is 1.46 bits per heavy atom. The zero-order chi connectivity index (χ0) is 10.7. The van der Waals surface area contributed by atoms with Crippen molar-refractivity contribution in [2.24, 2.45) is 0 Å². The van der Waals surface area contributed by atoms with Crippen molar-refractivity contribution in [2.75, 3.05) is 0 Å². The summed E-state index contributed by atoms with van der Waals surface area (Å²) in [6.45, 7) is 9.90. The summed E-state index contributed by atoms with van der Waals surface area (Å²) < 4.78 is 30.3. The fourth-order valence-corrected chi connectivity index (χ4v) is 3.01. The van der Waals surface area contributed by atoms with Crippen LogP contribution in [0.3, 0.4) is 0 Å². The number of rotatable bonds is 5. The van der Waals surface area contributed by atoms with Gasteiger partial charge in [-0.05, 0) is 6.42 Å². The van der Waals surface area contributed by atoms with Crippen LogP contribution in [0.2, 0.25) is 25.7 Å². The Kier molecular flexibility index (Phi) is 4.34. The fraction of sp³-hybridized carbons (Fsp3) is 0.750. The molecule has 0 amide bonds. The smallest absolute Gasteiger partial charge is 0.271 e. The highest BCUT2D eigenvalue weighted by molar-refractivity contribution is 7.86. The number of hydrogen-bond donors (Lipinski definition) is 1. The van der Waals surface area contributed by atoms with E-state index in [-0.39, 0.29) is 0 Å². The van der Waals surface area contributed by atoms with E-state index in [4.69, 9.17) is 4.55 Å². The van der Waals surface area contributed by atoms with Crippen molar-refractivity contribution in [1.29, 1.82) is 0 Å². The predicted molar refractivity (Wildman–Crippen MR) is 58.3 cm³/mol. The van der Waals surface area contributed by atoms with Crippen LogP contribution >= 0.6 is 0 Å². The van der Waals surface area contributed by atoms with Gasteiger partial charge in [-0.3, -0.25) is 4.55 Å². The van der Waals surface area contributed by atoms with E-state index in [1.54, 1.807) is 0 Å². The third-order valence-electron chi connectivity index (χ3n) is 1.82. The summed E-state index contributed by atoms with van der Waals surface area (Å²) in [5.41, 5.74) is 0. The second-order valence-electron chi connectivity index (χ2n) is 4.39. The molecule has 0 rings (SSSR count). The first kappa shape index (κ1) is 12.9. The third-order valence-corrected chi connectivity index (χ3v) is 4.81. The molecule has 1 atom stereocenters. The standard InChI is InChI=1S/C8H18O3SSi/c1-5-8(12(9,10)11)6-7-13(2,3)4/h5,8H,1,6-7H2,2-4H3,(H,9,10,11). The molecule has 0 saturated carbocycles. The van der Waals surface area contributed by atoms with Crippen molar-refractivity contribution >= 4 is 18.2 Å². The van der Waals surface area contributed by atoms with Gasteiger partial charge < -0.3 is 0 Å². The minimum absolute atomic E-state index is 0.484. The highest BCUT2D eigenvalue weighted by Crippen LogP contribution is 2.17. The molecule has 0 bridgehead atoms. The minimum Gasteiger partial charge on any atom is -0.285 e. The predicted octanol–water partition coefficient (Wildman–Crippen LogP) is 2.16. The van der Waals surface area contributed by atoms with E-state index >= 15 is 0 Å². The van der Waals surface area contributed by atoms with Gasteiger partial charge in [0, 0.05) is 8.07 Å². The zero-order valence-corrected chi connectivity index (χ0v) is 10.3. The van der Waals surface area contributed by atoms with E-state index in [0.29, 0.717) is 6.42 Å². The van der Waals surface area contributed by atoms with Gasteiger partial charge in [0.2, 0.25) is 0 Å². The Morgan fingerprint density at radius 3 is 2.15 bits per heavy atom. The van der Waals surface area contributed by atoms with E-state index in [2.05, 4.69) is 26.2 Å². The lowest BCUT2D eigenvalue weighted by atomic mass is 10.3. The minimum atomic E-state index is -3.93. The van der Waals surface area contributed by atoms with Gasteiger partial charge in [-0.2, -0.15) is 8.42 Å². The maximum Gasteiger partial charge on any atom is 0.271 e. The van der Waals surface area contributed by atoms with Gasteiger partial charge in [0.15, 0.2) is 0 Å². The second-order valence-corrected chi connectivity index (χ2v) is 11.6. The summed E-state index contributed by atoms with van der Waals surface area (Å²) in [4.78, 5) is 0. The van der Waals surface area contributed by atoms with Crippen LogP contribution in [-0.2, 0) is 10.1 Å². The first-order valence-electron chi connectivity index (χ1n) is 4.25. The molecule has 0 saturated heterocycles. The van der Waals surface area contributed by atoms with Crippen LogP contribution in [0.4, 0.5) is 0 Å². The maximum absolute atomic E-state index is 10.8. The Bertz CT molecular complexity index is 264. The van der Waals surface area contributed by atoms with Crippen LogP contribution in [0.5, 0.6) is 0 Å². The van der Waals surface area contributed by atoms with Crippen LogP contribution in [0.25, 0.3) is 0 Å². The molecular weight excluding hydrogens is 204 g/mol. The molecule has 0 aliphatic carbocycles.